The number of benzene rings is 1. The largest absolute Gasteiger partial charge is 0.444 e. The number of aromatic nitrogens is 4. The zero-order valence-electron chi connectivity index (χ0n) is 20.8. The standard InChI is InChI=1S/C24H25ClF3N7O3/c1-23(2,3)38-22(36)35-9-8-34(11-24(35)6-7-24)21-29-10-14-18(33-21)19(31-12-30-14)32-13-4-5-15(37-20(27)28)16(25)17(13)26/h4-5,10,12,20H,6-9,11H2,1-3H3,(H,30,31,32). The number of fused-ring (bicyclic) bond motifs is 1. The van der Waals surface area contributed by atoms with Crippen LogP contribution in [0.15, 0.2) is 24.7 Å². The van der Waals surface area contributed by atoms with Gasteiger partial charge >= 0.3 is 12.7 Å². The van der Waals surface area contributed by atoms with Crippen LogP contribution < -0.4 is 15.0 Å². The average molecular weight is 552 g/mol. The molecule has 38 heavy (non-hydrogen) atoms. The molecule has 1 saturated carbocycles. The Bertz CT molecular complexity index is 1380. The van der Waals surface area contributed by atoms with E-state index in [1.165, 1.54) is 18.6 Å². The number of halogens is 4. The molecule has 2 aromatic heterocycles. The van der Waals surface area contributed by atoms with Crippen molar-refractivity contribution in [3.8, 4) is 5.75 Å². The lowest BCUT2D eigenvalue weighted by Gasteiger charge is -2.42. The molecule has 1 aromatic carbocycles. The number of carbonyl (C=O) groups excluding carboxylic acids is 1. The molecule has 10 nitrogen and oxygen atoms in total. The maximum absolute atomic E-state index is 14.8. The molecule has 1 spiro atoms. The number of amides is 1. The summed E-state index contributed by atoms with van der Waals surface area (Å²) in [5.41, 5.74) is -0.312. The van der Waals surface area contributed by atoms with Crippen LogP contribution in [0.2, 0.25) is 5.02 Å². The fraction of sp³-hybridized carbons (Fsp3) is 0.458. The molecule has 202 valence electrons. The fourth-order valence-corrected chi connectivity index (χ4v) is 4.56. The molecule has 0 atom stereocenters. The molecular formula is C24H25ClF3N7O3. The van der Waals surface area contributed by atoms with E-state index in [1.54, 1.807) is 4.90 Å². The van der Waals surface area contributed by atoms with Crippen LogP contribution >= 0.6 is 11.6 Å². The van der Waals surface area contributed by atoms with Crippen LogP contribution in [0.1, 0.15) is 33.6 Å². The highest BCUT2D eigenvalue weighted by molar-refractivity contribution is 6.32. The molecule has 5 rings (SSSR count). The van der Waals surface area contributed by atoms with Gasteiger partial charge < -0.3 is 19.7 Å². The van der Waals surface area contributed by atoms with Crippen molar-refractivity contribution in [2.75, 3.05) is 29.9 Å². The molecule has 1 saturated heterocycles. The van der Waals surface area contributed by atoms with Crippen LogP contribution in [0.3, 0.4) is 0 Å². The smallest absolute Gasteiger partial charge is 0.410 e. The molecule has 1 aliphatic carbocycles. The number of hydrogen-bond donors (Lipinski definition) is 1. The molecule has 0 unspecified atom stereocenters. The first kappa shape index (κ1) is 26.0. The van der Waals surface area contributed by atoms with Crippen LogP contribution in [-0.2, 0) is 4.74 Å². The number of carbonyl (C=O) groups is 1. The Labute approximate surface area is 221 Å². The van der Waals surface area contributed by atoms with E-state index in [0.717, 1.165) is 18.9 Å². The van der Waals surface area contributed by atoms with Crippen molar-refractivity contribution in [2.24, 2.45) is 0 Å². The molecule has 14 heteroatoms. The van der Waals surface area contributed by atoms with Gasteiger partial charge in [0.15, 0.2) is 11.6 Å². The molecular weight excluding hydrogens is 527 g/mol. The number of ether oxygens (including phenoxy) is 2. The topological polar surface area (TPSA) is 106 Å². The number of nitrogens with one attached hydrogen (secondary N) is 1. The molecule has 2 aliphatic rings. The molecule has 0 radical (unpaired) electrons. The number of hydrogen-bond acceptors (Lipinski definition) is 9. The van der Waals surface area contributed by atoms with Crippen LogP contribution in [0.4, 0.5) is 35.4 Å². The number of piperazine rings is 1. The number of rotatable bonds is 5. The summed E-state index contributed by atoms with van der Waals surface area (Å²) < 4.78 is 49.7. The summed E-state index contributed by atoms with van der Waals surface area (Å²) in [6.45, 7) is 3.83. The summed E-state index contributed by atoms with van der Waals surface area (Å²) in [5, 5.41) is 2.21. The van der Waals surface area contributed by atoms with Crippen molar-refractivity contribution < 1.29 is 27.4 Å². The monoisotopic (exact) mass is 551 g/mol. The van der Waals surface area contributed by atoms with Gasteiger partial charge in [0.2, 0.25) is 5.95 Å². The van der Waals surface area contributed by atoms with Crippen molar-refractivity contribution in [3.05, 3.63) is 35.5 Å². The highest BCUT2D eigenvalue weighted by Gasteiger charge is 2.54. The molecule has 1 aliphatic heterocycles. The van der Waals surface area contributed by atoms with Gasteiger partial charge in [-0.25, -0.2) is 29.1 Å². The van der Waals surface area contributed by atoms with Gasteiger partial charge in [-0.2, -0.15) is 8.78 Å². The summed E-state index contributed by atoms with van der Waals surface area (Å²) >= 11 is 5.88. The van der Waals surface area contributed by atoms with Crippen molar-refractivity contribution in [1.82, 2.24) is 24.8 Å². The van der Waals surface area contributed by atoms with Crippen molar-refractivity contribution in [1.29, 1.82) is 0 Å². The summed E-state index contributed by atoms with van der Waals surface area (Å²) in [6.07, 6.45) is 4.16. The van der Waals surface area contributed by atoms with Gasteiger partial charge in [-0.3, -0.25) is 4.90 Å². The van der Waals surface area contributed by atoms with E-state index in [4.69, 9.17) is 16.3 Å². The highest BCUT2D eigenvalue weighted by atomic mass is 35.5. The Kier molecular flexibility index (Phi) is 6.58. The predicted octanol–water partition coefficient (Wildman–Crippen LogP) is 5.15. The lowest BCUT2D eigenvalue weighted by atomic mass is 10.1. The van der Waals surface area contributed by atoms with Crippen LogP contribution in [0, 0.1) is 5.82 Å². The van der Waals surface area contributed by atoms with Gasteiger partial charge in [-0.05, 0) is 45.7 Å². The summed E-state index contributed by atoms with van der Waals surface area (Å²) in [5.74, 6) is -0.893. The normalized spacial score (nSPS) is 16.7. The van der Waals surface area contributed by atoms with Gasteiger partial charge in [-0.1, -0.05) is 11.6 Å². The number of anilines is 3. The third-order valence-electron chi connectivity index (χ3n) is 6.26. The molecule has 1 amide bonds. The van der Waals surface area contributed by atoms with Gasteiger partial charge in [0.25, 0.3) is 0 Å². The number of alkyl halides is 2. The van der Waals surface area contributed by atoms with Gasteiger partial charge in [0, 0.05) is 19.6 Å². The maximum Gasteiger partial charge on any atom is 0.410 e. The minimum absolute atomic E-state index is 0.111. The first-order valence-electron chi connectivity index (χ1n) is 11.9. The molecule has 3 aromatic rings. The number of nitrogens with zero attached hydrogens (tertiary/aromatic N) is 6. The minimum Gasteiger partial charge on any atom is -0.444 e. The summed E-state index contributed by atoms with van der Waals surface area (Å²) in [4.78, 5) is 34.0. The second-order valence-corrected chi connectivity index (χ2v) is 10.5. The first-order valence-corrected chi connectivity index (χ1v) is 12.3. The van der Waals surface area contributed by atoms with Gasteiger partial charge in [0.05, 0.1) is 17.4 Å². The van der Waals surface area contributed by atoms with E-state index in [9.17, 15) is 18.0 Å². The van der Waals surface area contributed by atoms with Crippen molar-refractivity contribution in [2.45, 2.75) is 51.4 Å². The third-order valence-corrected chi connectivity index (χ3v) is 6.61. The minimum atomic E-state index is -3.15. The lowest BCUT2D eigenvalue weighted by molar-refractivity contribution is -0.0499. The SMILES string of the molecule is CC(C)(C)OC(=O)N1CCN(c2ncc3ncnc(Nc4ccc(OC(F)F)c(Cl)c4F)c3n2)CC12CC2. The Balaban J connectivity index is 1.39. The van der Waals surface area contributed by atoms with E-state index in [-0.39, 0.29) is 23.1 Å². The zero-order chi connectivity index (χ0) is 27.2. The van der Waals surface area contributed by atoms with E-state index in [2.05, 4.69) is 30.0 Å². The Morgan fingerprint density at radius 3 is 2.63 bits per heavy atom. The average Bonchev–Trinajstić information content (AvgIpc) is 3.61. The third kappa shape index (κ3) is 5.19. The highest BCUT2D eigenvalue weighted by Crippen LogP contribution is 2.45. The Morgan fingerprint density at radius 1 is 1.18 bits per heavy atom. The van der Waals surface area contributed by atoms with E-state index < -0.39 is 28.8 Å². The van der Waals surface area contributed by atoms with E-state index in [1.807, 2.05) is 25.7 Å². The zero-order valence-corrected chi connectivity index (χ0v) is 21.6. The second-order valence-electron chi connectivity index (χ2n) is 10.1. The van der Waals surface area contributed by atoms with Crippen LogP contribution in [0.5, 0.6) is 5.75 Å². The predicted molar refractivity (Wildman–Crippen MR) is 134 cm³/mol. The van der Waals surface area contributed by atoms with Crippen LogP contribution in [-0.4, -0.2) is 68.3 Å². The quantitative estimate of drug-likeness (QED) is 0.461. The summed E-state index contributed by atoms with van der Waals surface area (Å²) in [7, 11) is 0. The fourth-order valence-electron chi connectivity index (χ4n) is 4.35. The first-order chi connectivity index (χ1) is 18.0. The van der Waals surface area contributed by atoms with Crippen molar-refractivity contribution >= 4 is 46.2 Å². The molecule has 2 fully saturated rings. The van der Waals surface area contributed by atoms with Crippen LogP contribution in [0.25, 0.3) is 11.0 Å². The van der Waals surface area contributed by atoms with E-state index in [0.29, 0.717) is 36.6 Å². The summed E-state index contributed by atoms with van der Waals surface area (Å²) in [6, 6.07) is 2.34. The van der Waals surface area contributed by atoms with Gasteiger partial charge in [0.1, 0.15) is 33.7 Å². The molecule has 0 bridgehead atoms. The Hall–Kier alpha value is -3.61. The lowest BCUT2D eigenvalue weighted by Crippen LogP contribution is -2.58. The Morgan fingerprint density at radius 2 is 1.95 bits per heavy atom. The second kappa shape index (κ2) is 9.61. The molecule has 1 N–H and O–H groups in total. The molecule has 3 heterocycles. The van der Waals surface area contributed by atoms with Gasteiger partial charge in [-0.15, -0.1) is 0 Å². The maximum atomic E-state index is 14.8. The van der Waals surface area contributed by atoms with Crippen molar-refractivity contribution in [3.63, 3.8) is 0 Å². The van der Waals surface area contributed by atoms with E-state index >= 15 is 0 Å².